The van der Waals surface area contributed by atoms with Crippen molar-refractivity contribution in [1.82, 2.24) is 4.90 Å². The molecule has 2 N–H and O–H groups in total. The molecule has 1 heterocycles. The van der Waals surface area contributed by atoms with Gasteiger partial charge >= 0.3 is 0 Å². The third kappa shape index (κ3) is 3.64. The largest absolute Gasteiger partial charge is 0.366 e. The molecule has 3 nitrogen and oxygen atoms in total. The molecule has 28 heavy (non-hydrogen) atoms. The number of amides is 1. The summed E-state index contributed by atoms with van der Waals surface area (Å²) in [4.78, 5) is 14.2. The Morgan fingerprint density at radius 2 is 2.04 bits per heavy atom. The maximum atomic E-state index is 11.6. The summed E-state index contributed by atoms with van der Waals surface area (Å²) in [6.07, 6.45) is 5.74. The van der Waals surface area contributed by atoms with E-state index in [1.807, 2.05) is 18.2 Å². The molecule has 1 saturated heterocycles. The van der Waals surface area contributed by atoms with Gasteiger partial charge in [0.15, 0.2) is 0 Å². The summed E-state index contributed by atoms with van der Waals surface area (Å²) in [5, 5.41) is 0. The van der Waals surface area contributed by atoms with E-state index in [1.54, 1.807) is 5.57 Å². The minimum atomic E-state index is -0.346. The van der Waals surface area contributed by atoms with Crippen LogP contribution < -0.4 is 5.73 Å². The smallest absolute Gasteiger partial charge is 0.248 e. The van der Waals surface area contributed by atoms with E-state index < -0.39 is 0 Å². The summed E-state index contributed by atoms with van der Waals surface area (Å²) < 4.78 is 0. The van der Waals surface area contributed by atoms with Crippen molar-refractivity contribution < 1.29 is 4.79 Å². The molecule has 1 aliphatic carbocycles. The van der Waals surface area contributed by atoms with Crippen LogP contribution in [-0.2, 0) is 11.8 Å². The van der Waals surface area contributed by atoms with Crippen LogP contribution in [0.15, 0.2) is 54.1 Å². The fourth-order valence-corrected chi connectivity index (χ4v) is 4.79. The van der Waals surface area contributed by atoms with Crippen LogP contribution >= 0.6 is 0 Å². The molecular formula is C25H30N2O. The van der Waals surface area contributed by atoms with Gasteiger partial charge in [-0.3, -0.25) is 4.79 Å². The first-order valence-electron chi connectivity index (χ1n) is 10.4. The number of primary amides is 1. The second-order valence-electron chi connectivity index (χ2n) is 8.74. The number of benzene rings is 2. The number of hydrogen-bond acceptors (Lipinski definition) is 2. The van der Waals surface area contributed by atoms with Gasteiger partial charge in [0.1, 0.15) is 0 Å². The van der Waals surface area contributed by atoms with E-state index in [9.17, 15) is 4.79 Å². The molecule has 3 heteroatoms. The predicted octanol–water partition coefficient (Wildman–Crippen LogP) is 4.41. The lowest BCUT2D eigenvalue weighted by Crippen LogP contribution is -2.47. The van der Waals surface area contributed by atoms with Crippen LogP contribution in [-0.4, -0.2) is 30.4 Å². The van der Waals surface area contributed by atoms with Gasteiger partial charge in [-0.1, -0.05) is 61.9 Å². The monoisotopic (exact) mass is 374 g/mol. The molecule has 2 atom stereocenters. The van der Waals surface area contributed by atoms with Crippen LogP contribution in [0, 0.1) is 5.92 Å². The molecule has 1 aliphatic heterocycles. The third-order valence-electron chi connectivity index (χ3n) is 6.96. The molecule has 0 spiro atoms. The summed E-state index contributed by atoms with van der Waals surface area (Å²) in [7, 11) is 0. The number of fused-ring (bicyclic) bond motifs is 1. The molecule has 4 rings (SSSR count). The summed E-state index contributed by atoms with van der Waals surface area (Å²) in [5.41, 5.74) is 11.8. The first-order valence-corrected chi connectivity index (χ1v) is 10.4. The number of piperidine rings is 1. The van der Waals surface area contributed by atoms with Crippen molar-refractivity contribution >= 4 is 12.0 Å². The molecule has 0 unspecified atom stereocenters. The van der Waals surface area contributed by atoms with Crippen LogP contribution in [0.25, 0.3) is 6.08 Å². The molecule has 1 fully saturated rings. The van der Waals surface area contributed by atoms with Crippen molar-refractivity contribution in [1.29, 1.82) is 0 Å². The van der Waals surface area contributed by atoms with Gasteiger partial charge in [-0.05, 0) is 66.0 Å². The third-order valence-corrected chi connectivity index (χ3v) is 6.96. The number of nitrogens with zero attached hydrogens (tertiary/aromatic N) is 1. The second-order valence-corrected chi connectivity index (χ2v) is 8.74. The van der Waals surface area contributed by atoms with Crippen molar-refractivity contribution in [2.75, 3.05) is 19.6 Å². The number of carbonyl (C=O) groups excluding carboxylic acids is 1. The van der Waals surface area contributed by atoms with Crippen molar-refractivity contribution in [3.8, 4) is 0 Å². The minimum absolute atomic E-state index is 0.0881. The highest BCUT2D eigenvalue weighted by Gasteiger charge is 2.38. The van der Waals surface area contributed by atoms with E-state index in [4.69, 9.17) is 5.73 Å². The van der Waals surface area contributed by atoms with Gasteiger partial charge in [0.05, 0.1) is 0 Å². The Morgan fingerprint density at radius 1 is 1.21 bits per heavy atom. The number of carbonyl (C=O) groups is 1. The standard InChI is InChI=1S/C25H30N2O/c1-18-17-27(12-10-19-14-20-6-3-4-7-21(20)15-19)13-11-25(18,2)23-9-5-8-22(16-23)24(26)28/h3-9,14,16,18H,10-13,15,17H2,1-2H3,(H2,26,28)/t18-,25-/m0/s1. The van der Waals surface area contributed by atoms with E-state index >= 15 is 0 Å². The molecule has 2 aliphatic rings. The zero-order valence-electron chi connectivity index (χ0n) is 16.9. The van der Waals surface area contributed by atoms with Crippen molar-refractivity contribution in [2.45, 2.75) is 38.5 Å². The summed E-state index contributed by atoms with van der Waals surface area (Å²) in [6, 6.07) is 16.6. The predicted molar refractivity (Wildman–Crippen MR) is 115 cm³/mol. The Morgan fingerprint density at radius 3 is 2.79 bits per heavy atom. The molecule has 2 aromatic carbocycles. The van der Waals surface area contributed by atoms with Crippen molar-refractivity contribution in [3.05, 3.63) is 76.4 Å². The Kier molecular flexibility index (Phi) is 5.11. The summed E-state index contributed by atoms with van der Waals surface area (Å²) >= 11 is 0. The lowest BCUT2D eigenvalue weighted by atomic mass is 9.68. The normalized spacial score (nSPS) is 24.6. The lowest BCUT2D eigenvalue weighted by molar-refractivity contribution is 0.0998. The van der Waals surface area contributed by atoms with Gasteiger partial charge in [-0.2, -0.15) is 0 Å². The van der Waals surface area contributed by atoms with Gasteiger partial charge < -0.3 is 10.6 Å². The maximum absolute atomic E-state index is 11.6. The lowest BCUT2D eigenvalue weighted by Gasteiger charge is -2.45. The number of likely N-dealkylation sites (tertiary alicyclic amines) is 1. The van der Waals surface area contributed by atoms with Crippen LogP contribution in [0.1, 0.15) is 53.7 Å². The quantitative estimate of drug-likeness (QED) is 0.842. The molecule has 0 aromatic heterocycles. The zero-order valence-corrected chi connectivity index (χ0v) is 16.9. The first kappa shape index (κ1) is 18.9. The number of hydrogen-bond donors (Lipinski definition) is 1. The molecule has 0 radical (unpaired) electrons. The van der Waals surface area contributed by atoms with E-state index in [1.165, 1.54) is 16.7 Å². The molecule has 2 aromatic rings. The Labute approximate surface area is 168 Å². The Hall–Kier alpha value is -2.39. The topological polar surface area (TPSA) is 46.3 Å². The highest BCUT2D eigenvalue weighted by molar-refractivity contribution is 5.92. The Balaban J connectivity index is 1.38. The fourth-order valence-electron chi connectivity index (χ4n) is 4.79. The summed E-state index contributed by atoms with van der Waals surface area (Å²) in [6.45, 7) is 8.00. The average Bonchev–Trinajstić information content (AvgIpc) is 3.12. The van der Waals surface area contributed by atoms with Crippen molar-refractivity contribution in [3.63, 3.8) is 0 Å². The zero-order chi connectivity index (χ0) is 19.7. The van der Waals surface area contributed by atoms with E-state index in [0.29, 0.717) is 11.5 Å². The maximum Gasteiger partial charge on any atom is 0.248 e. The van der Waals surface area contributed by atoms with Gasteiger partial charge in [0.2, 0.25) is 5.91 Å². The number of nitrogens with two attached hydrogens (primary N) is 1. The fraction of sp³-hybridized carbons (Fsp3) is 0.400. The minimum Gasteiger partial charge on any atom is -0.366 e. The van der Waals surface area contributed by atoms with Crippen LogP contribution in [0.5, 0.6) is 0 Å². The van der Waals surface area contributed by atoms with Gasteiger partial charge in [0.25, 0.3) is 0 Å². The van der Waals surface area contributed by atoms with Gasteiger partial charge in [-0.25, -0.2) is 0 Å². The van der Waals surface area contributed by atoms with Crippen molar-refractivity contribution in [2.24, 2.45) is 11.7 Å². The van der Waals surface area contributed by atoms with Crippen LogP contribution in [0.3, 0.4) is 0 Å². The Bertz CT molecular complexity index is 916. The molecule has 1 amide bonds. The van der Waals surface area contributed by atoms with Gasteiger partial charge in [0, 0.05) is 18.7 Å². The average molecular weight is 375 g/mol. The van der Waals surface area contributed by atoms with Gasteiger partial charge in [-0.15, -0.1) is 0 Å². The number of rotatable bonds is 5. The second kappa shape index (κ2) is 7.56. The molecule has 146 valence electrons. The van der Waals surface area contributed by atoms with Crippen LogP contribution in [0.2, 0.25) is 0 Å². The summed E-state index contributed by atoms with van der Waals surface area (Å²) in [5.74, 6) is 0.181. The van der Waals surface area contributed by atoms with Crippen LogP contribution in [0.4, 0.5) is 0 Å². The van der Waals surface area contributed by atoms with E-state index in [0.717, 1.165) is 38.9 Å². The molecule has 0 saturated carbocycles. The van der Waals surface area contributed by atoms with E-state index in [2.05, 4.69) is 55.2 Å². The highest BCUT2D eigenvalue weighted by Crippen LogP contribution is 2.40. The first-order chi connectivity index (χ1) is 13.5. The van der Waals surface area contributed by atoms with E-state index in [-0.39, 0.29) is 11.3 Å². The molecular weight excluding hydrogens is 344 g/mol. The SMILES string of the molecule is C[C@H]1CN(CCC2=Cc3ccccc3C2)CC[C@]1(C)c1cccc(C(N)=O)c1. The highest BCUT2D eigenvalue weighted by atomic mass is 16.1. The molecule has 0 bridgehead atoms.